The van der Waals surface area contributed by atoms with Gasteiger partial charge < -0.3 is 15.2 Å². The monoisotopic (exact) mass is 267 g/mol. The molecule has 2 saturated carbocycles. The molecule has 0 bridgehead atoms. The van der Waals surface area contributed by atoms with Crippen LogP contribution in [0, 0.1) is 23.7 Å². The Kier molecular flexibility index (Phi) is 3.48. The molecule has 1 heterocycles. The first-order valence-electron chi connectivity index (χ1n) is 7.27. The van der Waals surface area contributed by atoms with E-state index in [0.29, 0.717) is 19.1 Å². The molecule has 5 nitrogen and oxygen atoms in total. The second-order valence-corrected chi connectivity index (χ2v) is 6.15. The Labute approximate surface area is 112 Å². The van der Waals surface area contributed by atoms with Crippen LogP contribution in [0.25, 0.3) is 0 Å². The highest BCUT2D eigenvalue weighted by atomic mass is 16.5. The maximum Gasteiger partial charge on any atom is 0.326 e. The predicted molar refractivity (Wildman–Crippen MR) is 67.4 cm³/mol. The van der Waals surface area contributed by atoms with E-state index in [0.717, 1.165) is 25.2 Å². The lowest BCUT2D eigenvalue weighted by Gasteiger charge is -2.28. The summed E-state index contributed by atoms with van der Waals surface area (Å²) in [4.78, 5) is 23.4. The molecule has 2 aliphatic carbocycles. The first-order valence-corrected chi connectivity index (χ1v) is 7.27. The van der Waals surface area contributed by atoms with Gasteiger partial charge in [-0.3, -0.25) is 4.79 Å². The van der Waals surface area contributed by atoms with Crippen molar-refractivity contribution in [1.82, 2.24) is 5.32 Å². The van der Waals surface area contributed by atoms with Crippen molar-refractivity contribution in [1.29, 1.82) is 0 Å². The van der Waals surface area contributed by atoms with E-state index in [-0.39, 0.29) is 17.7 Å². The molecule has 19 heavy (non-hydrogen) atoms. The van der Waals surface area contributed by atoms with Gasteiger partial charge in [0, 0.05) is 18.4 Å². The van der Waals surface area contributed by atoms with Gasteiger partial charge in [-0.2, -0.15) is 0 Å². The van der Waals surface area contributed by atoms with Gasteiger partial charge in [0.15, 0.2) is 0 Å². The summed E-state index contributed by atoms with van der Waals surface area (Å²) in [7, 11) is 0. The van der Waals surface area contributed by atoms with Gasteiger partial charge in [-0.15, -0.1) is 0 Å². The van der Waals surface area contributed by atoms with Gasteiger partial charge in [0.25, 0.3) is 0 Å². The fourth-order valence-electron chi connectivity index (χ4n) is 3.23. The number of carboxylic acids is 1. The van der Waals surface area contributed by atoms with Crippen LogP contribution in [0.5, 0.6) is 0 Å². The zero-order valence-corrected chi connectivity index (χ0v) is 11.0. The quantitative estimate of drug-likeness (QED) is 0.780. The maximum atomic E-state index is 12.1. The van der Waals surface area contributed by atoms with Crippen LogP contribution in [0.4, 0.5) is 0 Å². The summed E-state index contributed by atoms with van der Waals surface area (Å²) in [5, 5.41) is 12.0. The van der Waals surface area contributed by atoms with Gasteiger partial charge in [-0.25, -0.2) is 4.79 Å². The molecule has 2 N–H and O–H groups in total. The van der Waals surface area contributed by atoms with Crippen LogP contribution in [-0.4, -0.2) is 36.2 Å². The van der Waals surface area contributed by atoms with Crippen molar-refractivity contribution in [2.24, 2.45) is 23.7 Å². The number of aliphatic carboxylic acids is 1. The van der Waals surface area contributed by atoms with E-state index in [2.05, 4.69) is 5.32 Å². The Morgan fingerprint density at radius 3 is 2.63 bits per heavy atom. The third kappa shape index (κ3) is 2.91. The van der Waals surface area contributed by atoms with Gasteiger partial charge >= 0.3 is 5.97 Å². The molecule has 0 radical (unpaired) electrons. The van der Waals surface area contributed by atoms with Gasteiger partial charge in [-0.05, 0) is 43.9 Å². The Morgan fingerprint density at radius 2 is 2.05 bits per heavy atom. The molecule has 1 amide bonds. The number of carbonyl (C=O) groups is 2. The lowest BCUT2D eigenvalue weighted by molar-refractivity contribution is -0.145. The normalized spacial score (nSPS) is 35.5. The molecule has 0 spiro atoms. The largest absolute Gasteiger partial charge is 0.480 e. The molecule has 3 aliphatic rings. The van der Waals surface area contributed by atoms with Crippen molar-refractivity contribution in [2.45, 2.75) is 38.1 Å². The first-order chi connectivity index (χ1) is 9.16. The Hall–Kier alpha value is -1.10. The van der Waals surface area contributed by atoms with Crippen LogP contribution >= 0.6 is 0 Å². The summed E-state index contributed by atoms with van der Waals surface area (Å²) in [5.41, 5.74) is 0. The molecule has 3 fully saturated rings. The lowest BCUT2D eigenvalue weighted by atomic mass is 9.93. The number of hydrogen-bond donors (Lipinski definition) is 2. The molecule has 0 aromatic heterocycles. The molecule has 3 rings (SSSR count). The van der Waals surface area contributed by atoms with Crippen molar-refractivity contribution in [3.63, 3.8) is 0 Å². The molecule has 1 saturated heterocycles. The lowest BCUT2D eigenvalue weighted by Crippen LogP contribution is -2.49. The smallest absolute Gasteiger partial charge is 0.326 e. The standard InChI is InChI=1S/C14H21NO4/c16-13(11-6-10(11)8-3-4-8)15-12(14(17)18)9-2-1-5-19-7-9/h8-12H,1-7H2,(H,15,16)(H,17,18). The van der Waals surface area contributed by atoms with E-state index in [4.69, 9.17) is 4.74 Å². The first kappa shape index (κ1) is 12.9. The SMILES string of the molecule is O=C(NC(C(=O)O)C1CCCOC1)C1CC1C1CC1. The zero-order chi connectivity index (χ0) is 13.4. The van der Waals surface area contributed by atoms with Gasteiger partial charge in [0.1, 0.15) is 6.04 Å². The number of rotatable bonds is 5. The minimum absolute atomic E-state index is 0.0603. The minimum Gasteiger partial charge on any atom is -0.480 e. The second-order valence-electron chi connectivity index (χ2n) is 6.15. The summed E-state index contributed by atoms with van der Waals surface area (Å²) < 4.78 is 5.33. The van der Waals surface area contributed by atoms with E-state index in [9.17, 15) is 14.7 Å². The van der Waals surface area contributed by atoms with Crippen molar-refractivity contribution >= 4 is 11.9 Å². The Balaban J connectivity index is 1.55. The summed E-state index contributed by atoms with van der Waals surface area (Å²) in [6, 6.07) is -0.784. The molecule has 0 aromatic carbocycles. The molecule has 0 aromatic rings. The number of carbonyl (C=O) groups excluding carboxylic acids is 1. The maximum absolute atomic E-state index is 12.1. The number of carboxylic acid groups (broad SMARTS) is 1. The van der Waals surface area contributed by atoms with Crippen LogP contribution < -0.4 is 5.32 Å². The van der Waals surface area contributed by atoms with Crippen LogP contribution in [0.3, 0.4) is 0 Å². The van der Waals surface area contributed by atoms with Crippen molar-refractivity contribution in [3.8, 4) is 0 Å². The predicted octanol–water partition coefficient (Wildman–Crippen LogP) is 1.03. The molecule has 4 unspecified atom stereocenters. The summed E-state index contributed by atoms with van der Waals surface area (Å²) >= 11 is 0. The number of ether oxygens (including phenoxy) is 1. The molecule has 106 valence electrons. The van der Waals surface area contributed by atoms with E-state index < -0.39 is 12.0 Å². The van der Waals surface area contributed by atoms with E-state index in [1.165, 1.54) is 12.8 Å². The van der Waals surface area contributed by atoms with E-state index in [1.54, 1.807) is 0 Å². The van der Waals surface area contributed by atoms with Crippen molar-refractivity contribution in [3.05, 3.63) is 0 Å². The average molecular weight is 267 g/mol. The molecule has 1 aliphatic heterocycles. The van der Waals surface area contributed by atoms with Crippen molar-refractivity contribution in [2.75, 3.05) is 13.2 Å². The van der Waals surface area contributed by atoms with Gasteiger partial charge in [0.05, 0.1) is 6.61 Å². The van der Waals surface area contributed by atoms with E-state index >= 15 is 0 Å². The molecule has 4 atom stereocenters. The fraction of sp³-hybridized carbons (Fsp3) is 0.857. The third-order valence-corrected chi connectivity index (χ3v) is 4.63. The highest BCUT2D eigenvalue weighted by Crippen LogP contribution is 2.54. The highest BCUT2D eigenvalue weighted by Gasteiger charge is 2.51. The summed E-state index contributed by atoms with van der Waals surface area (Å²) in [6.45, 7) is 1.14. The van der Waals surface area contributed by atoms with Gasteiger partial charge in [0.2, 0.25) is 5.91 Å². The average Bonchev–Trinajstić information content (AvgIpc) is 3.28. The topological polar surface area (TPSA) is 75.6 Å². The molecular formula is C14H21NO4. The van der Waals surface area contributed by atoms with Crippen LogP contribution in [0.15, 0.2) is 0 Å². The second kappa shape index (κ2) is 5.12. The molecular weight excluding hydrogens is 246 g/mol. The minimum atomic E-state index is -0.938. The number of hydrogen-bond acceptors (Lipinski definition) is 3. The highest BCUT2D eigenvalue weighted by molar-refractivity contribution is 5.87. The Morgan fingerprint density at radius 1 is 1.26 bits per heavy atom. The fourth-order valence-corrected chi connectivity index (χ4v) is 3.23. The van der Waals surface area contributed by atoms with Crippen molar-refractivity contribution < 1.29 is 19.4 Å². The Bertz CT molecular complexity index is 374. The van der Waals surface area contributed by atoms with Gasteiger partial charge in [-0.1, -0.05) is 0 Å². The van der Waals surface area contributed by atoms with Crippen LogP contribution in [0.1, 0.15) is 32.1 Å². The molecule has 5 heteroatoms. The zero-order valence-electron chi connectivity index (χ0n) is 11.0. The third-order valence-electron chi connectivity index (χ3n) is 4.63. The number of amides is 1. The summed E-state index contributed by atoms with van der Waals surface area (Å²) in [6.07, 6.45) is 5.12. The van der Waals surface area contributed by atoms with Crippen LogP contribution in [-0.2, 0) is 14.3 Å². The van der Waals surface area contributed by atoms with E-state index in [1.807, 2.05) is 0 Å². The summed E-state index contributed by atoms with van der Waals surface area (Å²) in [5.74, 6) is 0.239. The number of nitrogens with one attached hydrogen (secondary N) is 1. The van der Waals surface area contributed by atoms with Crippen LogP contribution in [0.2, 0.25) is 0 Å².